The SMILES string of the molecule is [Na].c1cc(-c2nn[nH]n2)ccc1-c1nn[nH]n1. The molecule has 17 heavy (non-hydrogen) atoms. The minimum atomic E-state index is 0. The minimum absolute atomic E-state index is 0. The van der Waals surface area contributed by atoms with E-state index in [4.69, 9.17) is 0 Å². The second-order valence-corrected chi connectivity index (χ2v) is 3.05. The number of benzene rings is 1. The fourth-order valence-corrected chi connectivity index (χ4v) is 1.34. The van der Waals surface area contributed by atoms with Crippen LogP contribution < -0.4 is 0 Å². The summed E-state index contributed by atoms with van der Waals surface area (Å²) in [6, 6.07) is 7.49. The van der Waals surface area contributed by atoms with Gasteiger partial charge >= 0.3 is 0 Å². The van der Waals surface area contributed by atoms with Crippen LogP contribution in [0.3, 0.4) is 0 Å². The molecule has 1 aromatic carbocycles. The number of aromatic amines is 2. The van der Waals surface area contributed by atoms with Crippen LogP contribution in [-0.4, -0.2) is 70.8 Å². The Kier molecular flexibility index (Phi) is 3.57. The van der Waals surface area contributed by atoms with Crippen molar-refractivity contribution in [2.24, 2.45) is 0 Å². The van der Waals surface area contributed by atoms with Crippen LogP contribution in [0.5, 0.6) is 0 Å². The fraction of sp³-hybridized carbons (Fsp3) is 0. The number of rotatable bonds is 2. The predicted octanol–water partition coefficient (Wildman–Crippen LogP) is -0.334. The first-order valence-corrected chi connectivity index (χ1v) is 4.51. The molecule has 0 fully saturated rings. The largest absolute Gasteiger partial charge is 0.204 e. The molecule has 2 heterocycles. The predicted molar refractivity (Wildman–Crippen MR) is 58.5 cm³/mol. The molecule has 3 rings (SSSR count). The van der Waals surface area contributed by atoms with Crippen LogP contribution in [0.15, 0.2) is 24.3 Å². The Morgan fingerprint density at radius 1 is 0.706 bits per heavy atom. The molecule has 79 valence electrons. The molecule has 8 nitrogen and oxygen atoms in total. The van der Waals surface area contributed by atoms with Gasteiger partial charge in [0.15, 0.2) is 0 Å². The average Bonchev–Trinajstić information content (AvgIpc) is 3.03. The Bertz CT molecular complexity index is 505. The molecule has 0 aliphatic heterocycles. The van der Waals surface area contributed by atoms with E-state index in [-0.39, 0.29) is 29.6 Å². The smallest absolute Gasteiger partial charge is 0.177 e. The van der Waals surface area contributed by atoms with Crippen molar-refractivity contribution in [3.05, 3.63) is 24.3 Å². The van der Waals surface area contributed by atoms with Crippen molar-refractivity contribution >= 4 is 29.6 Å². The average molecular weight is 237 g/mol. The van der Waals surface area contributed by atoms with E-state index in [1.54, 1.807) is 0 Å². The molecule has 1 radical (unpaired) electrons. The van der Waals surface area contributed by atoms with Gasteiger partial charge in [0.1, 0.15) is 0 Å². The van der Waals surface area contributed by atoms with Crippen LogP contribution in [0.25, 0.3) is 22.8 Å². The zero-order valence-corrected chi connectivity index (χ0v) is 11.0. The van der Waals surface area contributed by atoms with E-state index in [0.29, 0.717) is 11.6 Å². The summed E-state index contributed by atoms with van der Waals surface area (Å²) in [5.74, 6) is 1.11. The number of hydrogen-bond acceptors (Lipinski definition) is 6. The minimum Gasteiger partial charge on any atom is -0.177 e. The van der Waals surface area contributed by atoms with Gasteiger partial charge in [0.2, 0.25) is 11.6 Å². The molecule has 0 unspecified atom stereocenters. The van der Waals surface area contributed by atoms with Gasteiger partial charge in [-0.2, -0.15) is 10.4 Å². The zero-order chi connectivity index (χ0) is 10.8. The molecule has 2 N–H and O–H groups in total. The molecular formula is C8H6N8Na. The third kappa shape index (κ3) is 2.38. The topological polar surface area (TPSA) is 109 Å². The van der Waals surface area contributed by atoms with Crippen molar-refractivity contribution in [2.75, 3.05) is 0 Å². The Morgan fingerprint density at radius 3 is 1.41 bits per heavy atom. The van der Waals surface area contributed by atoms with Gasteiger partial charge in [0.05, 0.1) is 0 Å². The maximum atomic E-state index is 3.88. The van der Waals surface area contributed by atoms with Gasteiger partial charge < -0.3 is 0 Å². The standard InChI is InChI=1S/C8H6N8.Na/c1-2-6(8-11-15-16-12-8)4-3-5(1)7-9-13-14-10-7;/h1-4H,(H,9,10,13,14)(H,11,12,15,16);. The Balaban J connectivity index is 0.00000108. The molecule has 0 saturated carbocycles. The summed E-state index contributed by atoms with van der Waals surface area (Å²) >= 11 is 0. The molecule has 0 saturated heterocycles. The maximum absolute atomic E-state index is 3.88. The van der Waals surface area contributed by atoms with Crippen molar-refractivity contribution in [3.63, 3.8) is 0 Å². The van der Waals surface area contributed by atoms with Crippen LogP contribution in [-0.2, 0) is 0 Å². The number of nitrogens with zero attached hydrogens (tertiary/aromatic N) is 6. The molecule has 0 amide bonds. The second-order valence-electron chi connectivity index (χ2n) is 3.05. The second kappa shape index (κ2) is 5.13. The number of aromatic nitrogens is 8. The van der Waals surface area contributed by atoms with Gasteiger partial charge in [0, 0.05) is 40.7 Å². The summed E-state index contributed by atoms with van der Waals surface area (Å²) in [5.41, 5.74) is 1.75. The van der Waals surface area contributed by atoms with E-state index in [1.165, 1.54) is 0 Å². The van der Waals surface area contributed by atoms with Crippen LogP contribution in [0, 0.1) is 0 Å². The van der Waals surface area contributed by atoms with E-state index in [0.717, 1.165) is 11.1 Å². The maximum Gasteiger partial charge on any atom is 0.204 e. The van der Waals surface area contributed by atoms with Crippen molar-refractivity contribution in [3.8, 4) is 22.8 Å². The summed E-state index contributed by atoms with van der Waals surface area (Å²) in [7, 11) is 0. The third-order valence-corrected chi connectivity index (χ3v) is 2.09. The van der Waals surface area contributed by atoms with Crippen molar-refractivity contribution in [1.29, 1.82) is 0 Å². The monoisotopic (exact) mass is 237 g/mol. The van der Waals surface area contributed by atoms with Crippen molar-refractivity contribution in [1.82, 2.24) is 41.2 Å². The molecule has 0 bridgehead atoms. The third-order valence-electron chi connectivity index (χ3n) is 2.09. The molecule has 0 atom stereocenters. The van der Waals surface area contributed by atoms with Gasteiger partial charge in [-0.05, 0) is 10.4 Å². The fourth-order valence-electron chi connectivity index (χ4n) is 1.34. The molecule has 2 aromatic heterocycles. The normalized spacial score (nSPS) is 9.88. The Hall–Kier alpha value is -1.64. The summed E-state index contributed by atoms with van der Waals surface area (Å²) in [6.45, 7) is 0. The van der Waals surface area contributed by atoms with Crippen molar-refractivity contribution in [2.45, 2.75) is 0 Å². The molecule has 3 aromatic rings. The van der Waals surface area contributed by atoms with Gasteiger partial charge in [-0.15, -0.1) is 20.4 Å². The first-order chi connectivity index (χ1) is 7.93. The first-order valence-electron chi connectivity index (χ1n) is 4.51. The van der Waals surface area contributed by atoms with E-state index in [9.17, 15) is 0 Å². The summed E-state index contributed by atoms with van der Waals surface area (Å²) in [5, 5.41) is 27.3. The van der Waals surface area contributed by atoms with Gasteiger partial charge in [-0.3, -0.25) is 0 Å². The van der Waals surface area contributed by atoms with Gasteiger partial charge in [0.25, 0.3) is 0 Å². The summed E-state index contributed by atoms with van der Waals surface area (Å²) in [6.07, 6.45) is 0. The molecule has 0 spiro atoms. The van der Waals surface area contributed by atoms with Crippen LogP contribution in [0.1, 0.15) is 0 Å². The van der Waals surface area contributed by atoms with Crippen LogP contribution in [0.4, 0.5) is 0 Å². The van der Waals surface area contributed by atoms with Gasteiger partial charge in [-0.25, -0.2) is 0 Å². The Morgan fingerprint density at radius 2 is 1.12 bits per heavy atom. The van der Waals surface area contributed by atoms with E-state index < -0.39 is 0 Å². The number of tetrazole rings is 2. The molecular weight excluding hydrogens is 231 g/mol. The molecule has 9 heteroatoms. The van der Waals surface area contributed by atoms with E-state index >= 15 is 0 Å². The van der Waals surface area contributed by atoms with Crippen LogP contribution >= 0.6 is 0 Å². The number of hydrogen-bond donors (Lipinski definition) is 2. The van der Waals surface area contributed by atoms with Crippen molar-refractivity contribution < 1.29 is 0 Å². The first kappa shape index (κ1) is 11.8. The van der Waals surface area contributed by atoms with E-state index in [2.05, 4.69) is 41.2 Å². The van der Waals surface area contributed by atoms with E-state index in [1.807, 2.05) is 24.3 Å². The van der Waals surface area contributed by atoms with Crippen LogP contribution in [0.2, 0.25) is 0 Å². The quantitative estimate of drug-likeness (QED) is 0.590. The molecule has 0 aliphatic carbocycles. The summed E-state index contributed by atoms with van der Waals surface area (Å²) < 4.78 is 0. The Labute approximate surface area is 118 Å². The number of nitrogens with one attached hydrogen (secondary N) is 2. The molecule has 0 aliphatic rings. The zero-order valence-electron chi connectivity index (χ0n) is 8.99. The van der Waals surface area contributed by atoms with Gasteiger partial charge in [-0.1, -0.05) is 24.3 Å². The number of H-pyrrole nitrogens is 2. The summed E-state index contributed by atoms with van der Waals surface area (Å²) in [4.78, 5) is 0.